The van der Waals surface area contributed by atoms with Gasteiger partial charge in [-0.15, -0.1) is 11.3 Å². The molecule has 3 aromatic rings. The number of amides is 1. The Labute approximate surface area is 166 Å². The zero-order chi connectivity index (χ0) is 19.3. The molecule has 1 aromatic carbocycles. The molecule has 1 aliphatic heterocycles. The van der Waals surface area contributed by atoms with E-state index in [-0.39, 0.29) is 12.5 Å². The predicted molar refractivity (Wildman–Crippen MR) is 107 cm³/mol. The number of hydrogen-bond acceptors (Lipinski definition) is 7. The van der Waals surface area contributed by atoms with Gasteiger partial charge in [0, 0.05) is 26.2 Å². The van der Waals surface area contributed by atoms with Gasteiger partial charge in [-0.3, -0.25) is 4.79 Å². The number of carbonyl (C=O) groups is 1. The van der Waals surface area contributed by atoms with E-state index in [1.54, 1.807) is 29.8 Å². The van der Waals surface area contributed by atoms with Gasteiger partial charge in [-0.2, -0.15) is 5.26 Å². The lowest BCUT2D eigenvalue weighted by atomic mass is 10.1. The molecule has 2 aromatic heterocycles. The highest BCUT2D eigenvalue weighted by molar-refractivity contribution is 7.16. The maximum absolute atomic E-state index is 12.6. The number of carbonyl (C=O) groups excluding carboxylic acids is 1. The van der Waals surface area contributed by atoms with Gasteiger partial charge in [0.1, 0.15) is 28.8 Å². The summed E-state index contributed by atoms with van der Waals surface area (Å²) in [6, 6.07) is 11.3. The first-order valence-electron chi connectivity index (χ1n) is 9.04. The summed E-state index contributed by atoms with van der Waals surface area (Å²) in [4.78, 5) is 26.5. The summed E-state index contributed by atoms with van der Waals surface area (Å²) >= 11 is 1.61. The van der Waals surface area contributed by atoms with Crippen molar-refractivity contribution in [2.75, 3.05) is 37.7 Å². The molecule has 7 nitrogen and oxygen atoms in total. The zero-order valence-electron chi connectivity index (χ0n) is 15.2. The molecule has 1 amide bonds. The quantitative estimate of drug-likeness (QED) is 0.662. The molecule has 0 N–H and O–H groups in total. The highest BCUT2D eigenvalue weighted by Crippen LogP contribution is 2.27. The minimum absolute atomic E-state index is 0.0204. The van der Waals surface area contributed by atoms with Crippen molar-refractivity contribution in [2.45, 2.75) is 6.42 Å². The lowest BCUT2D eigenvalue weighted by molar-refractivity contribution is -0.130. The number of benzene rings is 1. The van der Waals surface area contributed by atoms with Crippen LogP contribution < -0.4 is 9.64 Å². The Morgan fingerprint density at radius 2 is 1.93 bits per heavy atom. The van der Waals surface area contributed by atoms with Gasteiger partial charge in [-0.25, -0.2) is 9.97 Å². The molecule has 0 unspecified atom stereocenters. The van der Waals surface area contributed by atoms with Gasteiger partial charge in [-0.1, -0.05) is 12.1 Å². The number of rotatable bonds is 5. The molecular formula is C20H19N5O2S. The van der Waals surface area contributed by atoms with E-state index < -0.39 is 0 Å². The fourth-order valence-electron chi connectivity index (χ4n) is 3.30. The summed E-state index contributed by atoms with van der Waals surface area (Å²) in [6.45, 7) is 2.89. The summed E-state index contributed by atoms with van der Waals surface area (Å²) in [5.74, 6) is 1.70. The maximum atomic E-state index is 12.6. The van der Waals surface area contributed by atoms with E-state index in [1.807, 2.05) is 28.5 Å². The molecule has 0 saturated carbocycles. The van der Waals surface area contributed by atoms with Crippen LogP contribution in [0.15, 0.2) is 42.0 Å². The number of nitriles is 1. The van der Waals surface area contributed by atoms with E-state index in [1.165, 1.54) is 0 Å². The minimum atomic E-state index is 0.0204. The molecule has 0 radical (unpaired) electrons. The standard InChI is InChI=1S/C20H19N5O2S/c21-6-11-27-16-3-1-15(2-4-16)13-18(26)24-7-9-25(10-8-24)19-17-5-12-28-20(17)23-14-22-19/h1-5,12,14H,7-11,13H2. The van der Waals surface area contributed by atoms with Crippen LogP contribution in [-0.4, -0.2) is 53.6 Å². The van der Waals surface area contributed by atoms with E-state index in [0.29, 0.717) is 25.3 Å². The van der Waals surface area contributed by atoms with Gasteiger partial charge in [-0.05, 0) is 29.1 Å². The van der Waals surface area contributed by atoms with Crippen molar-refractivity contribution in [3.8, 4) is 11.8 Å². The molecule has 0 bridgehead atoms. The summed E-state index contributed by atoms with van der Waals surface area (Å²) in [7, 11) is 0. The predicted octanol–water partition coefficient (Wildman–Crippen LogP) is 2.48. The molecule has 28 heavy (non-hydrogen) atoms. The molecular weight excluding hydrogens is 374 g/mol. The van der Waals surface area contributed by atoms with Crippen LogP contribution in [0.25, 0.3) is 10.2 Å². The molecule has 0 spiro atoms. The van der Waals surface area contributed by atoms with E-state index >= 15 is 0 Å². The lowest BCUT2D eigenvalue weighted by Crippen LogP contribution is -2.49. The Morgan fingerprint density at radius 3 is 2.68 bits per heavy atom. The van der Waals surface area contributed by atoms with Crippen molar-refractivity contribution in [3.63, 3.8) is 0 Å². The third kappa shape index (κ3) is 3.89. The van der Waals surface area contributed by atoms with Crippen LogP contribution in [0.3, 0.4) is 0 Å². The Kier molecular flexibility index (Phi) is 5.35. The molecule has 1 aliphatic rings. The van der Waals surface area contributed by atoms with E-state index in [9.17, 15) is 4.79 Å². The average molecular weight is 393 g/mol. The molecule has 142 valence electrons. The van der Waals surface area contributed by atoms with Crippen molar-refractivity contribution in [2.24, 2.45) is 0 Å². The Morgan fingerprint density at radius 1 is 1.14 bits per heavy atom. The molecule has 1 fully saturated rings. The summed E-state index contributed by atoms with van der Waals surface area (Å²) in [6.07, 6.45) is 1.97. The highest BCUT2D eigenvalue weighted by atomic mass is 32.1. The monoisotopic (exact) mass is 393 g/mol. The van der Waals surface area contributed by atoms with Crippen LogP contribution in [-0.2, 0) is 11.2 Å². The highest BCUT2D eigenvalue weighted by Gasteiger charge is 2.23. The number of hydrogen-bond donors (Lipinski definition) is 0. The first-order chi connectivity index (χ1) is 13.7. The Hall–Kier alpha value is -3.18. The Bertz CT molecular complexity index is 1000. The van der Waals surface area contributed by atoms with Crippen LogP contribution in [0.5, 0.6) is 5.75 Å². The number of aromatic nitrogens is 2. The normalized spacial score (nSPS) is 14.1. The van der Waals surface area contributed by atoms with Crippen molar-refractivity contribution in [1.29, 1.82) is 5.26 Å². The average Bonchev–Trinajstić information content (AvgIpc) is 3.22. The van der Waals surface area contributed by atoms with Crippen LogP contribution >= 0.6 is 11.3 Å². The van der Waals surface area contributed by atoms with E-state index in [4.69, 9.17) is 10.00 Å². The molecule has 8 heteroatoms. The Balaban J connectivity index is 1.34. The van der Waals surface area contributed by atoms with Crippen molar-refractivity contribution < 1.29 is 9.53 Å². The summed E-state index contributed by atoms with van der Waals surface area (Å²) in [5.41, 5.74) is 0.938. The van der Waals surface area contributed by atoms with Gasteiger partial charge in [0.2, 0.25) is 5.91 Å². The fraction of sp³-hybridized carbons (Fsp3) is 0.300. The van der Waals surface area contributed by atoms with Gasteiger partial charge in [0.25, 0.3) is 0 Å². The van der Waals surface area contributed by atoms with Gasteiger partial charge < -0.3 is 14.5 Å². The second-order valence-corrected chi connectivity index (χ2v) is 7.37. The minimum Gasteiger partial charge on any atom is -0.479 e. The van der Waals surface area contributed by atoms with Gasteiger partial charge in [0.15, 0.2) is 6.61 Å². The van der Waals surface area contributed by atoms with E-state index in [0.717, 1.165) is 34.7 Å². The number of thiophene rings is 1. The third-order valence-electron chi connectivity index (χ3n) is 4.75. The van der Waals surface area contributed by atoms with Crippen LogP contribution in [0, 0.1) is 11.3 Å². The molecule has 3 heterocycles. The smallest absolute Gasteiger partial charge is 0.227 e. The number of ether oxygens (including phenoxy) is 1. The summed E-state index contributed by atoms with van der Waals surface area (Å²) in [5, 5.41) is 11.6. The molecule has 0 aliphatic carbocycles. The van der Waals surface area contributed by atoms with Crippen LogP contribution in [0.4, 0.5) is 5.82 Å². The first kappa shape index (κ1) is 18.2. The van der Waals surface area contributed by atoms with Crippen LogP contribution in [0.1, 0.15) is 5.56 Å². The number of fused-ring (bicyclic) bond motifs is 1. The topological polar surface area (TPSA) is 82.4 Å². The van der Waals surface area contributed by atoms with Gasteiger partial charge in [0.05, 0.1) is 11.8 Å². The fourth-order valence-corrected chi connectivity index (χ4v) is 4.03. The molecule has 0 atom stereocenters. The van der Waals surface area contributed by atoms with Gasteiger partial charge >= 0.3 is 0 Å². The van der Waals surface area contributed by atoms with Crippen molar-refractivity contribution in [1.82, 2.24) is 14.9 Å². The second kappa shape index (κ2) is 8.23. The van der Waals surface area contributed by atoms with E-state index in [2.05, 4.69) is 20.9 Å². The third-order valence-corrected chi connectivity index (χ3v) is 5.58. The summed E-state index contributed by atoms with van der Waals surface area (Å²) < 4.78 is 5.24. The SMILES string of the molecule is N#CCOc1ccc(CC(=O)N2CCN(c3ncnc4sccc34)CC2)cc1. The lowest BCUT2D eigenvalue weighted by Gasteiger charge is -2.35. The van der Waals surface area contributed by atoms with Crippen molar-refractivity contribution in [3.05, 3.63) is 47.6 Å². The first-order valence-corrected chi connectivity index (χ1v) is 9.92. The van der Waals surface area contributed by atoms with Crippen molar-refractivity contribution >= 4 is 33.3 Å². The number of piperazine rings is 1. The molecule has 1 saturated heterocycles. The largest absolute Gasteiger partial charge is 0.479 e. The number of anilines is 1. The van der Waals surface area contributed by atoms with Crippen LogP contribution in [0.2, 0.25) is 0 Å². The maximum Gasteiger partial charge on any atom is 0.227 e. The zero-order valence-corrected chi connectivity index (χ0v) is 16.1. The molecule has 4 rings (SSSR count). The number of nitrogens with zero attached hydrogens (tertiary/aromatic N) is 5. The second-order valence-electron chi connectivity index (χ2n) is 6.47.